The Bertz CT molecular complexity index is 522. The number of esters is 1. The van der Waals surface area contributed by atoms with Crippen LogP contribution in [0.4, 0.5) is 5.69 Å². The Kier molecular flexibility index (Phi) is 4.09. The van der Waals surface area contributed by atoms with E-state index in [-0.39, 0.29) is 11.8 Å². The predicted molar refractivity (Wildman–Crippen MR) is 76.3 cm³/mol. The molecule has 1 unspecified atom stereocenters. The summed E-state index contributed by atoms with van der Waals surface area (Å²) in [5.41, 5.74) is 6.16. The van der Waals surface area contributed by atoms with Gasteiger partial charge in [-0.3, -0.25) is 4.79 Å². The van der Waals surface area contributed by atoms with Crippen molar-refractivity contribution in [2.45, 2.75) is 32.2 Å². The highest BCUT2D eigenvalue weighted by atomic mass is 16.5. The number of rotatable bonds is 5. The van der Waals surface area contributed by atoms with E-state index >= 15 is 0 Å². The van der Waals surface area contributed by atoms with Gasteiger partial charge < -0.3 is 15.8 Å². The van der Waals surface area contributed by atoms with Crippen molar-refractivity contribution in [1.29, 1.82) is 0 Å². The van der Waals surface area contributed by atoms with Crippen molar-refractivity contribution in [3.05, 3.63) is 29.8 Å². The molecule has 0 aromatic heterocycles. The number of nitrogens with two attached hydrogens (primary N) is 1. The van der Waals surface area contributed by atoms with Crippen molar-refractivity contribution in [2.75, 3.05) is 11.9 Å². The van der Waals surface area contributed by atoms with Gasteiger partial charge in [0.2, 0.25) is 5.91 Å². The molecule has 1 aliphatic rings. The van der Waals surface area contributed by atoms with Crippen LogP contribution in [0.2, 0.25) is 0 Å². The van der Waals surface area contributed by atoms with Crippen molar-refractivity contribution in [3.63, 3.8) is 0 Å². The van der Waals surface area contributed by atoms with Gasteiger partial charge in [0.05, 0.1) is 17.7 Å². The zero-order valence-corrected chi connectivity index (χ0v) is 11.8. The minimum absolute atomic E-state index is 0.221. The van der Waals surface area contributed by atoms with Gasteiger partial charge in [-0.1, -0.05) is 6.07 Å². The fraction of sp³-hybridized carbons (Fsp3) is 0.467. The van der Waals surface area contributed by atoms with Gasteiger partial charge in [-0.15, -0.1) is 0 Å². The third kappa shape index (κ3) is 3.17. The van der Waals surface area contributed by atoms with Crippen LogP contribution >= 0.6 is 0 Å². The minimum Gasteiger partial charge on any atom is -0.462 e. The van der Waals surface area contributed by atoms with Crippen LogP contribution in [0.5, 0.6) is 0 Å². The second kappa shape index (κ2) is 5.63. The number of hydrogen-bond donors (Lipinski definition) is 2. The molecule has 0 heterocycles. The van der Waals surface area contributed by atoms with Gasteiger partial charge in [-0.2, -0.15) is 0 Å². The van der Waals surface area contributed by atoms with Gasteiger partial charge in [-0.25, -0.2) is 4.79 Å². The summed E-state index contributed by atoms with van der Waals surface area (Å²) in [4.78, 5) is 23.8. The number of hydrogen-bond acceptors (Lipinski definition) is 4. The van der Waals surface area contributed by atoms with Gasteiger partial charge in [-0.05, 0) is 50.8 Å². The minimum atomic E-state index is -0.861. The van der Waals surface area contributed by atoms with E-state index in [1.54, 1.807) is 38.1 Å². The summed E-state index contributed by atoms with van der Waals surface area (Å²) in [6.07, 6.45) is 1.98. The summed E-state index contributed by atoms with van der Waals surface area (Å²) in [5.74, 6) is -0.377. The van der Waals surface area contributed by atoms with Gasteiger partial charge in [0.25, 0.3) is 0 Å². The van der Waals surface area contributed by atoms with Crippen LogP contribution in [0.3, 0.4) is 0 Å². The normalized spacial score (nSPS) is 17.1. The van der Waals surface area contributed by atoms with Crippen LogP contribution in [0.25, 0.3) is 0 Å². The maximum absolute atomic E-state index is 12.2. The zero-order valence-electron chi connectivity index (χ0n) is 11.8. The van der Waals surface area contributed by atoms with Gasteiger partial charge in [0.1, 0.15) is 0 Å². The quantitative estimate of drug-likeness (QED) is 0.805. The smallest absolute Gasteiger partial charge is 0.338 e. The van der Waals surface area contributed by atoms with Crippen molar-refractivity contribution in [2.24, 2.45) is 11.7 Å². The summed E-state index contributed by atoms with van der Waals surface area (Å²) in [7, 11) is 0. The Morgan fingerprint density at radius 3 is 2.75 bits per heavy atom. The zero-order chi connectivity index (χ0) is 14.8. The Labute approximate surface area is 118 Å². The molecule has 0 saturated heterocycles. The molecule has 3 N–H and O–H groups in total. The lowest BCUT2D eigenvalue weighted by Gasteiger charge is -2.23. The first-order valence-electron chi connectivity index (χ1n) is 6.82. The van der Waals surface area contributed by atoms with Gasteiger partial charge in [0, 0.05) is 5.69 Å². The fourth-order valence-corrected chi connectivity index (χ4v) is 2.07. The highest BCUT2D eigenvalue weighted by molar-refractivity contribution is 5.99. The first kappa shape index (κ1) is 14.5. The molecule has 0 bridgehead atoms. The molecule has 1 saturated carbocycles. The van der Waals surface area contributed by atoms with E-state index in [9.17, 15) is 9.59 Å². The maximum Gasteiger partial charge on any atom is 0.338 e. The lowest BCUT2D eigenvalue weighted by molar-refractivity contribution is -0.121. The molecule has 0 aliphatic heterocycles. The molecule has 20 heavy (non-hydrogen) atoms. The van der Waals surface area contributed by atoms with E-state index < -0.39 is 11.5 Å². The number of carbonyl (C=O) groups is 2. The van der Waals surface area contributed by atoms with Crippen molar-refractivity contribution < 1.29 is 14.3 Å². The molecule has 1 atom stereocenters. The van der Waals surface area contributed by atoms with Crippen LogP contribution < -0.4 is 11.1 Å². The lowest BCUT2D eigenvalue weighted by atomic mass is 9.96. The third-order valence-corrected chi connectivity index (χ3v) is 3.55. The number of nitrogens with one attached hydrogen (secondary N) is 1. The number of ether oxygens (including phenoxy) is 1. The van der Waals surface area contributed by atoms with Gasteiger partial charge in [0.15, 0.2) is 0 Å². The van der Waals surface area contributed by atoms with E-state index in [0.717, 1.165) is 12.8 Å². The molecule has 2 rings (SSSR count). The SMILES string of the molecule is CCOC(=O)c1cccc(NC(=O)C(C)(N)C2CC2)c1. The van der Waals surface area contributed by atoms with Crippen molar-refractivity contribution >= 4 is 17.6 Å². The molecule has 5 heteroatoms. The maximum atomic E-state index is 12.2. The second-order valence-electron chi connectivity index (χ2n) is 5.31. The molecule has 5 nitrogen and oxygen atoms in total. The highest BCUT2D eigenvalue weighted by Crippen LogP contribution is 2.38. The average molecular weight is 276 g/mol. The first-order valence-corrected chi connectivity index (χ1v) is 6.82. The number of anilines is 1. The predicted octanol–water partition coefficient (Wildman–Crippen LogP) is 1.93. The topological polar surface area (TPSA) is 81.4 Å². The number of amides is 1. The molecular weight excluding hydrogens is 256 g/mol. The largest absolute Gasteiger partial charge is 0.462 e. The summed E-state index contributed by atoms with van der Waals surface area (Å²) in [5, 5.41) is 2.77. The fourth-order valence-electron chi connectivity index (χ4n) is 2.07. The van der Waals surface area contributed by atoms with Crippen LogP contribution in [0.15, 0.2) is 24.3 Å². The van der Waals surface area contributed by atoms with E-state index in [1.807, 2.05) is 0 Å². The molecular formula is C15H20N2O3. The van der Waals surface area contributed by atoms with E-state index in [4.69, 9.17) is 10.5 Å². The van der Waals surface area contributed by atoms with Gasteiger partial charge >= 0.3 is 5.97 Å². The van der Waals surface area contributed by atoms with E-state index in [1.165, 1.54) is 0 Å². The molecule has 0 spiro atoms. The number of carbonyl (C=O) groups excluding carboxylic acids is 2. The summed E-state index contributed by atoms with van der Waals surface area (Å²) in [6.45, 7) is 3.81. The van der Waals surface area contributed by atoms with Crippen LogP contribution in [-0.4, -0.2) is 24.0 Å². The molecule has 1 aromatic rings. The molecule has 1 aliphatic carbocycles. The van der Waals surface area contributed by atoms with Crippen LogP contribution in [0, 0.1) is 5.92 Å². The highest BCUT2D eigenvalue weighted by Gasteiger charge is 2.44. The first-order chi connectivity index (χ1) is 9.45. The standard InChI is InChI=1S/C15H20N2O3/c1-3-20-13(18)10-5-4-6-12(9-10)17-14(19)15(2,16)11-7-8-11/h4-6,9,11H,3,7-8,16H2,1-2H3,(H,17,19). The summed E-state index contributed by atoms with van der Waals surface area (Å²) in [6, 6.07) is 6.67. The van der Waals surface area contributed by atoms with E-state index in [2.05, 4.69) is 5.32 Å². The molecule has 108 valence electrons. The molecule has 1 fully saturated rings. The molecule has 1 amide bonds. The molecule has 1 aromatic carbocycles. The van der Waals surface area contributed by atoms with Crippen molar-refractivity contribution in [1.82, 2.24) is 0 Å². The van der Waals surface area contributed by atoms with E-state index in [0.29, 0.717) is 17.9 Å². The Morgan fingerprint density at radius 1 is 1.45 bits per heavy atom. The average Bonchev–Trinajstić information content (AvgIpc) is 3.24. The number of benzene rings is 1. The Balaban J connectivity index is 2.08. The van der Waals surface area contributed by atoms with Crippen LogP contribution in [-0.2, 0) is 9.53 Å². The monoisotopic (exact) mass is 276 g/mol. The van der Waals surface area contributed by atoms with Crippen molar-refractivity contribution in [3.8, 4) is 0 Å². The Hall–Kier alpha value is -1.88. The summed E-state index contributed by atoms with van der Waals surface area (Å²) < 4.78 is 4.93. The lowest BCUT2D eigenvalue weighted by Crippen LogP contribution is -2.50. The molecule has 0 radical (unpaired) electrons. The Morgan fingerprint density at radius 2 is 2.15 bits per heavy atom. The third-order valence-electron chi connectivity index (χ3n) is 3.55. The van der Waals surface area contributed by atoms with Crippen LogP contribution in [0.1, 0.15) is 37.0 Å². The second-order valence-corrected chi connectivity index (χ2v) is 5.31. The summed E-state index contributed by atoms with van der Waals surface area (Å²) >= 11 is 0.